The molecule has 0 aliphatic carbocycles. The molecule has 2 bridgehead atoms. The summed E-state index contributed by atoms with van der Waals surface area (Å²) in [5.74, 6) is -3.56. The molecule has 2 aromatic carbocycles. The first-order valence-electron chi connectivity index (χ1n) is 9.65. The minimum absolute atomic E-state index is 0.149. The summed E-state index contributed by atoms with van der Waals surface area (Å²) in [6.07, 6.45) is -6.34. The SMILES string of the molecule is CC1C2(c3cccc(Cl)c3)OC(=N)C1(C#N)C(C#N)(C#N)C(c1cccc(C(F)(F)F)c1)O2. The van der Waals surface area contributed by atoms with Gasteiger partial charge in [0.05, 0.1) is 29.7 Å². The fourth-order valence-electron chi connectivity index (χ4n) is 4.75. The lowest BCUT2D eigenvalue weighted by molar-refractivity contribution is -0.288. The summed E-state index contributed by atoms with van der Waals surface area (Å²) >= 11 is 6.12. The van der Waals surface area contributed by atoms with Crippen molar-refractivity contribution in [1.82, 2.24) is 0 Å². The zero-order valence-corrected chi connectivity index (χ0v) is 17.7. The molecule has 0 radical (unpaired) electrons. The molecule has 4 rings (SSSR count). The fourth-order valence-corrected chi connectivity index (χ4v) is 4.94. The van der Waals surface area contributed by atoms with Crippen LogP contribution in [0, 0.1) is 56.2 Å². The molecule has 33 heavy (non-hydrogen) atoms. The first-order valence-corrected chi connectivity index (χ1v) is 10.0. The average molecular weight is 471 g/mol. The molecule has 1 N–H and O–H groups in total. The molecule has 2 aliphatic heterocycles. The van der Waals surface area contributed by atoms with Crippen LogP contribution in [0.5, 0.6) is 0 Å². The van der Waals surface area contributed by atoms with Gasteiger partial charge in [-0.3, -0.25) is 5.41 Å². The van der Waals surface area contributed by atoms with Crippen LogP contribution in [0.1, 0.15) is 29.7 Å². The smallest absolute Gasteiger partial charge is 0.416 e. The molecule has 4 atom stereocenters. The van der Waals surface area contributed by atoms with Crippen LogP contribution in [0.25, 0.3) is 0 Å². The largest absolute Gasteiger partial charge is 0.443 e. The van der Waals surface area contributed by atoms with E-state index in [1.54, 1.807) is 30.3 Å². The Morgan fingerprint density at radius 2 is 1.70 bits per heavy atom. The molecule has 2 fully saturated rings. The van der Waals surface area contributed by atoms with Gasteiger partial charge >= 0.3 is 6.18 Å². The van der Waals surface area contributed by atoms with Gasteiger partial charge in [-0.15, -0.1) is 0 Å². The number of alkyl halides is 3. The van der Waals surface area contributed by atoms with Crippen molar-refractivity contribution in [1.29, 1.82) is 21.2 Å². The summed E-state index contributed by atoms with van der Waals surface area (Å²) in [6, 6.07) is 15.7. The Hall–Kier alpha value is -3.58. The normalized spacial score (nSPS) is 29.9. The number of halogens is 4. The van der Waals surface area contributed by atoms with Gasteiger partial charge in [0.15, 0.2) is 5.41 Å². The van der Waals surface area contributed by atoms with E-state index in [0.717, 1.165) is 18.2 Å². The number of nitrogens with one attached hydrogen (secondary N) is 1. The standard InChI is InChI=1S/C23H14ClF3N4O2/c1-13-21(12-30)19(31)33-22(13,15-5-3-7-17(24)9-15)32-18(20(21,10-28)11-29)14-4-2-6-16(8-14)23(25,26)27/h2-9,13,18,31H,1H3. The van der Waals surface area contributed by atoms with Gasteiger partial charge < -0.3 is 9.47 Å². The third-order valence-corrected chi connectivity index (χ3v) is 6.65. The number of hydrogen-bond donors (Lipinski definition) is 1. The van der Waals surface area contributed by atoms with Crippen molar-refractivity contribution in [2.75, 3.05) is 0 Å². The van der Waals surface area contributed by atoms with E-state index < -0.39 is 46.3 Å². The Morgan fingerprint density at radius 3 is 2.27 bits per heavy atom. The van der Waals surface area contributed by atoms with Gasteiger partial charge in [-0.1, -0.05) is 42.8 Å². The van der Waals surface area contributed by atoms with Crippen LogP contribution in [0.15, 0.2) is 48.5 Å². The van der Waals surface area contributed by atoms with Crippen molar-refractivity contribution in [3.8, 4) is 18.2 Å². The number of nitriles is 3. The number of fused-ring (bicyclic) bond motifs is 2. The summed E-state index contributed by atoms with van der Waals surface area (Å²) in [7, 11) is 0. The second-order valence-electron chi connectivity index (χ2n) is 7.90. The zero-order valence-electron chi connectivity index (χ0n) is 16.9. The molecule has 2 heterocycles. The molecule has 0 saturated carbocycles. The summed E-state index contributed by atoms with van der Waals surface area (Å²) in [4.78, 5) is 0. The molecule has 2 aromatic rings. The van der Waals surface area contributed by atoms with E-state index in [1.165, 1.54) is 19.1 Å². The second kappa shape index (κ2) is 7.22. The minimum atomic E-state index is -4.69. The van der Waals surface area contributed by atoms with E-state index in [-0.39, 0.29) is 10.6 Å². The first kappa shape index (κ1) is 22.6. The summed E-state index contributed by atoms with van der Waals surface area (Å²) in [5, 5.41) is 39.3. The van der Waals surface area contributed by atoms with E-state index in [4.69, 9.17) is 26.5 Å². The maximum absolute atomic E-state index is 13.4. The van der Waals surface area contributed by atoms with Crippen molar-refractivity contribution < 1.29 is 22.6 Å². The van der Waals surface area contributed by atoms with E-state index >= 15 is 0 Å². The number of nitrogens with zero attached hydrogens (tertiary/aromatic N) is 3. The quantitative estimate of drug-likeness (QED) is 0.625. The van der Waals surface area contributed by atoms with Gasteiger partial charge in [0.1, 0.15) is 6.10 Å². The summed E-state index contributed by atoms with van der Waals surface area (Å²) in [6.45, 7) is 1.50. The minimum Gasteiger partial charge on any atom is -0.443 e. The van der Waals surface area contributed by atoms with Crippen molar-refractivity contribution in [3.63, 3.8) is 0 Å². The number of ether oxygens (including phenoxy) is 2. The van der Waals surface area contributed by atoms with Gasteiger partial charge in [0, 0.05) is 10.6 Å². The zero-order chi connectivity index (χ0) is 24.2. The number of rotatable bonds is 2. The highest BCUT2D eigenvalue weighted by Gasteiger charge is 2.79. The average Bonchev–Trinajstić information content (AvgIpc) is 2.95. The molecule has 0 aromatic heterocycles. The molecule has 10 heteroatoms. The third-order valence-electron chi connectivity index (χ3n) is 6.41. The highest BCUT2D eigenvalue weighted by atomic mass is 35.5. The van der Waals surface area contributed by atoms with Crippen LogP contribution in [0.2, 0.25) is 5.02 Å². The molecular weight excluding hydrogens is 457 g/mol. The first-order chi connectivity index (χ1) is 15.5. The third kappa shape index (κ3) is 2.78. The molecule has 2 saturated heterocycles. The van der Waals surface area contributed by atoms with Gasteiger partial charge in [-0.2, -0.15) is 29.0 Å². The van der Waals surface area contributed by atoms with Crippen LogP contribution < -0.4 is 0 Å². The maximum Gasteiger partial charge on any atom is 0.416 e. The molecule has 0 amide bonds. The summed E-state index contributed by atoms with van der Waals surface area (Å²) in [5.41, 5.74) is -5.37. The van der Waals surface area contributed by atoms with E-state index in [0.29, 0.717) is 5.56 Å². The van der Waals surface area contributed by atoms with Crippen LogP contribution in [0.4, 0.5) is 13.2 Å². The maximum atomic E-state index is 13.4. The van der Waals surface area contributed by atoms with Crippen LogP contribution in [-0.4, -0.2) is 5.90 Å². The predicted molar refractivity (Wildman–Crippen MR) is 108 cm³/mol. The monoisotopic (exact) mass is 470 g/mol. The lowest BCUT2D eigenvalue weighted by Crippen LogP contribution is -2.57. The van der Waals surface area contributed by atoms with E-state index in [1.807, 2.05) is 6.07 Å². The Bertz CT molecular complexity index is 1280. The molecule has 6 nitrogen and oxygen atoms in total. The van der Waals surface area contributed by atoms with Crippen LogP contribution in [-0.2, 0) is 21.4 Å². The van der Waals surface area contributed by atoms with Crippen molar-refractivity contribution in [2.45, 2.75) is 25.0 Å². The molecular formula is C23H14ClF3N4O2. The van der Waals surface area contributed by atoms with Crippen molar-refractivity contribution >= 4 is 17.5 Å². The lowest BCUT2D eigenvalue weighted by Gasteiger charge is -2.48. The summed E-state index contributed by atoms with van der Waals surface area (Å²) < 4.78 is 52.2. The molecule has 166 valence electrons. The number of benzene rings is 2. The Morgan fingerprint density at radius 1 is 1.03 bits per heavy atom. The van der Waals surface area contributed by atoms with Crippen molar-refractivity contribution in [2.24, 2.45) is 16.7 Å². The highest BCUT2D eigenvalue weighted by molar-refractivity contribution is 6.30. The fraction of sp³-hybridized carbons (Fsp3) is 0.304. The predicted octanol–water partition coefficient (Wildman–Crippen LogP) is 5.47. The topological polar surface area (TPSA) is 114 Å². The Kier molecular flexibility index (Phi) is 4.94. The van der Waals surface area contributed by atoms with Gasteiger partial charge in [-0.05, 0) is 29.8 Å². The number of hydrogen-bond acceptors (Lipinski definition) is 6. The van der Waals surface area contributed by atoms with E-state index in [2.05, 4.69) is 0 Å². The molecule has 2 aliphatic rings. The van der Waals surface area contributed by atoms with Crippen molar-refractivity contribution in [3.05, 3.63) is 70.2 Å². The highest BCUT2D eigenvalue weighted by Crippen LogP contribution is 2.69. The van der Waals surface area contributed by atoms with Gasteiger partial charge in [0.2, 0.25) is 17.1 Å². The van der Waals surface area contributed by atoms with Gasteiger partial charge in [0.25, 0.3) is 0 Å². The Labute approximate surface area is 191 Å². The Balaban J connectivity index is 2.04. The van der Waals surface area contributed by atoms with Crippen LogP contribution >= 0.6 is 11.6 Å². The second-order valence-corrected chi connectivity index (χ2v) is 8.34. The van der Waals surface area contributed by atoms with Gasteiger partial charge in [-0.25, -0.2) is 0 Å². The molecule has 4 unspecified atom stereocenters. The molecule has 0 spiro atoms. The lowest BCUT2D eigenvalue weighted by atomic mass is 9.53. The van der Waals surface area contributed by atoms with E-state index in [9.17, 15) is 29.0 Å². The van der Waals surface area contributed by atoms with Crippen LogP contribution in [0.3, 0.4) is 0 Å².